The van der Waals surface area contributed by atoms with Gasteiger partial charge in [0.15, 0.2) is 5.11 Å². The summed E-state index contributed by atoms with van der Waals surface area (Å²) in [7, 11) is 0. The van der Waals surface area contributed by atoms with Crippen LogP contribution in [0.1, 0.15) is 49.5 Å². The molecule has 1 N–H and O–H groups in total. The van der Waals surface area contributed by atoms with Crippen LogP contribution in [0.5, 0.6) is 5.75 Å². The summed E-state index contributed by atoms with van der Waals surface area (Å²) in [6.07, 6.45) is 1.19. The molecule has 0 fully saturated rings. The van der Waals surface area contributed by atoms with Crippen LogP contribution in [-0.4, -0.2) is 41.1 Å². The molecule has 0 saturated heterocycles. The third-order valence-corrected chi connectivity index (χ3v) is 5.00. The van der Waals surface area contributed by atoms with Gasteiger partial charge in [-0.05, 0) is 62.3 Å². The van der Waals surface area contributed by atoms with E-state index in [1.807, 2.05) is 37.3 Å². The summed E-state index contributed by atoms with van der Waals surface area (Å²) in [5.74, 6) is 0.106. The quantitative estimate of drug-likeness (QED) is 0.436. The van der Waals surface area contributed by atoms with Gasteiger partial charge in [-0.1, -0.05) is 37.3 Å². The fraction of sp³-hybridized carbons (Fsp3) is 0.375. The number of nitrogens with one attached hydrogen (secondary N) is 1. The largest absolute Gasteiger partial charge is 0.491 e. The molecule has 2 aromatic carbocycles. The number of carbonyl (C=O) groups is 2. The second kappa shape index (κ2) is 12.7. The van der Waals surface area contributed by atoms with Crippen molar-refractivity contribution in [2.75, 3.05) is 13.2 Å². The topological polar surface area (TPSA) is 67.9 Å². The number of benzene rings is 2. The van der Waals surface area contributed by atoms with E-state index in [2.05, 4.69) is 12.2 Å². The minimum Gasteiger partial charge on any atom is -0.491 e. The van der Waals surface area contributed by atoms with E-state index in [0.29, 0.717) is 31.0 Å². The van der Waals surface area contributed by atoms with Gasteiger partial charge in [0.05, 0.1) is 19.1 Å². The smallest absolute Gasteiger partial charge is 0.307 e. The van der Waals surface area contributed by atoms with Crippen LogP contribution < -0.4 is 10.1 Å². The number of esters is 1. The highest BCUT2D eigenvalue weighted by molar-refractivity contribution is 7.80. The Morgan fingerprint density at radius 1 is 1.06 bits per heavy atom. The van der Waals surface area contributed by atoms with E-state index in [9.17, 15) is 9.59 Å². The normalized spacial score (nSPS) is 11.3. The molecule has 2 aromatic rings. The molecule has 2 rings (SSSR count). The Bertz CT molecular complexity index is 856. The monoisotopic (exact) mass is 442 g/mol. The lowest BCUT2D eigenvalue weighted by Crippen LogP contribution is -2.43. The second-order valence-electron chi connectivity index (χ2n) is 7.08. The van der Waals surface area contributed by atoms with E-state index in [-0.39, 0.29) is 29.5 Å². The molecular weight excluding hydrogens is 412 g/mol. The number of thiocarbonyl (C=S) groups is 1. The number of rotatable bonds is 10. The third kappa shape index (κ3) is 8.38. The van der Waals surface area contributed by atoms with Crippen LogP contribution in [0.25, 0.3) is 0 Å². The Labute approximate surface area is 189 Å². The molecule has 1 atom stereocenters. The molecule has 1 amide bonds. The zero-order valence-electron chi connectivity index (χ0n) is 18.3. The summed E-state index contributed by atoms with van der Waals surface area (Å²) in [4.78, 5) is 26.3. The lowest BCUT2D eigenvalue weighted by molar-refractivity contribution is -0.143. The first-order chi connectivity index (χ1) is 14.9. The zero-order valence-corrected chi connectivity index (χ0v) is 19.1. The molecule has 0 spiro atoms. The van der Waals surface area contributed by atoms with Crippen LogP contribution in [-0.2, 0) is 16.1 Å². The van der Waals surface area contributed by atoms with Crippen molar-refractivity contribution in [3.05, 3.63) is 65.7 Å². The molecule has 0 bridgehead atoms. The Morgan fingerprint density at radius 2 is 1.74 bits per heavy atom. The van der Waals surface area contributed by atoms with Gasteiger partial charge in [0, 0.05) is 18.7 Å². The first-order valence-corrected chi connectivity index (χ1v) is 10.9. The van der Waals surface area contributed by atoms with Crippen molar-refractivity contribution >= 4 is 29.2 Å². The van der Waals surface area contributed by atoms with Gasteiger partial charge in [0.1, 0.15) is 5.75 Å². The molecule has 0 saturated carbocycles. The van der Waals surface area contributed by atoms with E-state index in [0.717, 1.165) is 12.0 Å². The Balaban J connectivity index is 2.03. The maximum Gasteiger partial charge on any atom is 0.307 e. The maximum absolute atomic E-state index is 12.7. The molecule has 0 heterocycles. The predicted octanol–water partition coefficient (Wildman–Crippen LogP) is 4.33. The molecular formula is C24H30N2O4S. The van der Waals surface area contributed by atoms with Crippen molar-refractivity contribution in [1.82, 2.24) is 10.2 Å². The average molecular weight is 443 g/mol. The highest BCUT2D eigenvalue weighted by Gasteiger charge is 2.16. The summed E-state index contributed by atoms with van der Waals surface area (Å²) in [5.41, 5.74) is 1.50. The number of nitrogens with zero attached hydrogens (tertiary/aromatic N) is 1. The van der Waals surface area contributed by atoms with Crippen molar-refractivity contribution in [3.8, 4) is 5.75 Å². The van der Waals surface area contributed by atoms with Crippen LogP contribution in [0.4, 0.5) is 0 Å². The van der Waals surface area contributed by atoms with E-state index < -0.39 is 0 Å². The van der Waals surface area contributed by atoms with Crippen LogP contribution >= 0.6 is 12.2 Å². The van der Waals surface area contributed by atoms with Gasteiger partial charge in [-0.15, -0.1) is 0 Å². The molecule has 0 aliphatic heterocycles. The van der Waals surface area contributed by atoms with Crippen molar-refractivity contribution in [1.29, 1.82) is 0 Å². The lowest BCUT2D eigenvalue weighted by atomic mass is 10.2. The zero-order chi connectivity index (χ0) is 22.6. The summed E-state index contributed by atoms with van der Waals surface area (Å²) in [6.45, 7) is 6.96. The summed E-state index contributed by atoms with van der Waals surface area (Å²) in [5, 5.41) is 3.03. The highest BCUT2D eigenvalue weighted by atomic mass is 32.1. The Morgan fingerprint density at radius 3 is 2.35 bits per heavy atom. The van der Waals surface area contributed by atoms with Gasteiger partial charge in [-0.2, -0.15) is 0 Å². The number of hydrogen-bond acceptors (Lipinski definition) is 5. The first-order valence-electron chi connectivity index (χ1n) is 10.5. The van der Waals surface area contributed by atoms with Crippen molar-refractivity contribution < 1.29 is 19.1 Å². The summed E-state index contributed by atoms with van der Waals surface area (Å²) in [6, 6.07) is 16.7. The number of hydrogen-bond donors (Lipinski definition) is 1. The Kier molecular flexibility index (Phi) is 9.97. The highest BCUT2D eigenvalue weighted by Crippen LogP contribution is 2.15. The van der Waals surface area contributed by atoms with E-state index in [4.69, 9.17) is 21.7 Å². The van der Waals surface area contributed by atoms with Crippen molar-refractivity contribution in [2.24, 2.45) is 0 Å². The van der Waals surface area contributed by atoms with Gasteiger partial charge in [-0.25, -0.2) is 0 Å². The number of ether oxygens (including phenoxy) is 2. The molecule has 31 heavy (non-hydrogen) atoms. The minimum absolute atomic E-state index is 0.109. The number of carbonyl (C=O) groups excluding carboxylic acids is 2. The predicted molar refractivity (Wildman–Crippen MR) is 125 cm³/mol. The molecule has 166 valence electrons. The summed E-state index contributed by atoms with van der Waals surface area (Å²) < 4.78 is 10.8. The van der Waals surface area contributed by atoms with Gasteiger partial charge in [0.25, 0.3) is 5.91 Å². The second-order valence-corrected chi connectivity index (χ2v) is 7.47. The van der Waals surface area contributed by atoms with E-state index in [1.54, 1.807) is 36.1 Å². The molecule has 0 aliphatic carbocycles. The fourth-order valence-corrected chi connectivity index (χ4v) is 3.01. The maximum atomic E-state index is 12.7. The van der Waals surface area contributed by atoms with Gasteiger partial charge >= 0.3 is 5.97 Å². The Hall–Kier alpha value is -2.93. The van der Waals surface area contributed by atoms with Crippen LogP contribution in [0.3, 0.4) is 0 Å². The third-order valence-electron chi connectivity index (χ3n) is 4.64. The average Bonchev–Trinajstić information content (AvgIpc) is 2.77. The van der Waals surface area contributed by atoms with E-state index in [1.165, 1.54) is 0 Å². The number of amides is 1. The van der Waals surface area contributed by atoms with Gasteiger partial charge in [-0.3, -0.25) is 14.9 Å². The minimum atomic E-state index is -0.311. The molecule has 1 unspecified atom stereocenters. The SMILES string of the molecule is CCOC(=O)CCN(Cc1ccccc1)C(=S)NC(=O)c1ccc(OC(C)CC)cc1. The molecule has 0 radical (unpaired) electrons. The van der Waals surface area contributed by atoms with Crippen LogP contribution in [0.15, 0.2) is 54.6 Å². The van der Waals surface area contributed by atoms with Crippen LogP contribution in [0.2, 0.25) is 0 Å². The molecule has 0 aromatic heterocycles. The molecule has 7 heteroatoms. The molecule has 0 aliphatic rings. The van der Waals surface area contributed by atoms with E-state index >= 15 is 0 Å². The first kappa shape index (κ1) is 24.3. The van der Waals surface area contributed by atoms with Gasteiger partial charge in [0.2, 0.25) is 0 Å². The fourth-order valence-electron chi connectivity index (χ4n) is 2.76. The summed E-state index contributed by atoms with van der Waals surface area (Å²) >= 11 is 5.48. The standard InChI is InChI=1S/C24H30N2O4S/c1-4-18(3)30-21-13-11-20(12-14-21)23(28)25-24(31)26(16-15-22(27)29-5-2)17-19-9-7-6-8-10-19/h6-14,18H,4-5,15-17H2,1-3H3,(H,25,28,31). The van der Waals surface area contributed by atoms with Gasteiger partial charge < -0.3 is 14.4 Å². The lowest BCUT2D eigenvalue weighted by Gasteiger charge is -2.25. The molecule has 6 nitrogen and oxygen atoms in total. The van der Waals surface area contributed by atoms with Crippen molar-refractivity contribution in [2.45, 2.75) is 46.3 Å². The van der Waals surface area contributed by atoms with Crippen LogP contribution in [0, 0.1) is 0 Å². The van der Waals surface area contributed by atoms with Crippen molar-refractivity contribution in [3.63, 3.8) is 0 Å².